The highest BCUT2D eigenvalue weighted by atomic mass is 35.5. The van der Waals surface area contributed by atoms with E-state index in [0.29, 0.717) is 11.4 Å². The first kappa shape index (κ1) is 21.1. The summed E-state index contributed by atoms with van der Waals surface area (Å²) in [4.78, 5) is 34.0. The second-order valence-corrected chi connectivity index (χ2v) is 7.94. The Morgan fingerprint density at radius 3 is 2.61 bits per heavy atom. The number of nitrogens with one attached hydrogen (secondary N) is 1. The molecule has 8 nitrogen and oxygen atoms in total. The Bertz CT molecular complexity index is 1200. The largest absolute Gasteiger partial charge is 0.490 e. The average molecular weight is 460 g/mol. The summed E-state index contributed by atoms with van der Waals surface area (Å²) in [5, 5.41) is 3.01. The number of hydrogen-bond acceptors (Lipinski definition) is 6. The molecule has 1 aliphatic carbocycles. The van der Waals surface area contributed by atoms with Crippen molar-refractivity contribution in [2.24, 2.45) is 0 Å². The van der Waals surface area contributed by atoms with Crippen molar-refractivity contribution in [3.63, 3.8) is 0 Å². The summed E-state index contributed by atoms with van der Waals surface area (Å²) < 4.78 is 6.81. The first-order chi connectivity index (χ1) is 14.9. The molecule has 0 atom stereocenters. The third kappa shape index (κ3) is 4.50. The van der Waals surface area contributed by atoms with Gasteiger partial charge in [0.2, 0.25) is 0 Å². The maximum atomic E-state index is 13.1. The highest BCUT2D eigenvalue weighted by Gasteiger charge is 2.25. The Morgan fingerprint density at radius 1 is 1.26 bits per heavy atom. The van der Waals surface area contributed by atoms with Gasteiger partial charge in [-0.15, -0.1) is 0 Å². The molecule has 4 rings (SSSR count). The lowest BCUT2D eigenvalue weighted by Gasteiger charge is -2.14. The normalized spacial score (nSPS) is 13.1. The zero-order valence-electron chi connectivity index (χ0n) is 16.6. The Kier molecular flexibility index (Phi) is 5.84. The Morgan fingerprint density at radius 2 is 1.97 bits per heavy atom. The lowest BCUT2D eigenvalue weighted by molar-refractivity contribution is 0.102. The fourth-order valence-corrected chi connectivity index (χ4v) is 3.65. The number of benzene rings is 1. The van der Waals surface area contributed by atoms with Crippen LogP contribution in [0.1, 0.15) is 35.7 Å². The van der Waals surface area contributed by atoms with Crippen molar-refractivity contribution in [2.45, 2.75) is 32.3 Å². The average Bonchev–Trinajstić information content (AvgIpc) is 3.53. The van der Waals surface area contributed by atoms with Crippen molar-refractivity contribution < 1.29 is 9.53 Å². The Hall–Kier alpha value is -3.10. The van der Waals surface area contributed by atoms with Crippen LogP contribution in [0.25, 0.3) is 5.69 Å². The summed E-state index contributed by atoms with van der Waals surface area (Å²) in [6.07, 6.45) is 7.23. The van der Waals surface area contributed by atoms with E-state index < -0.39 is 11.5 Å². The summed E-state index contributed by atoms with van der Waals surface area (Å²) in [7, 11) is 0. The third-order valence-corrected chi connectivity index (χ3v) is 5.32. The highest BCUT2D eigenvalue weighted by Crippen LogP contribution is 2.35. The minimum atomic E-state index is -0.708. The van der Waals surface area contributed by atoms with E-state index in [0.717, 1.165) is 29.4 Å². The van der Waals surface area contributed by atoms with Gasteiger partial charge in [-0.05, 0) is 30.9 Å². The second-order valence-electron chi connectivity index (χ2n) is 7.12. The molecule has 1 amide bonds. The van der Waals surface area contributed by atoms with Crippen molar-refractivity contribution in [1.82, 2.24) is 14.5 Å². The molecule has 1 fully saturated rings. The van der Waals surface area contributed by atoms with Crippen molar-refractivity contribution in [1.29, 1.82) is 0 Å². The zero-order chi connectivity index (χ0) is 22.1. The molecule has 160 valence electrons. The van der Waals surface area contributed by atoms with Crippen LogP contribution in [-0.2, 0) is 6.42 Å². The number of nitrogens with zero attached hydrogens (tertiary/aromatic N) is 3. The first-order valence-electron chi connectivity index (χ1n) is 9.65. The number of anilines is 2. The molecule has 10 heteroatoms. The van der Waals surface area contributed by atoms with Gasteiger partial charge < -0.3 is 15.8 Å². The predicted molar refractivity (Wildman–Crippen MR) is 119 cm³/mol. The number of nitrogens with two attached hydrogens (primary N) is 1. The van der Waals surface area contributed by atoms with E-state index in [1.807, 2.05) is 6.92 Å². The summed E-state index contributed by atoms with van der Waals surface area (Å²) in [5.41, 5.74) is 6.39. The number of aryl methyl sites for hydroxylation is 1. The summed E-state index contributed by atoms with van der Waals surface area (Å²) in [5.74, 6) is -0.404. The van der Waals surface area contributed by atoms with E-state index in [1.54, 1.807) is 24.4 Å². The summed E-state index contributed by atoms with van der Waals surface area (Å²) in [6.45, 7) is 1.97. The number of halogens is 2. The molecular weight excluding hydrogens is 441 g/mol. The molecule has 1 aliphatic rings. The molecular formula is C21H19Cl2N5O3. The number of ether oxygens (including phenoxy) is 1. The van der Waals surface area contributed by atoms with Crippen LogP contribution >= 0.6 is 23.2 Å². The minimum Gasteiger partial charge on any atom is -0.490 e. The summed E-state index contributed by atoms with van der Waals surface area (Å²) in [6, 6.07) is 4.92. The fraction of sp³-hybridized carbons (Fsp3) is 0.238. The summed E-state index contributed by atoms with van der Waals surface area (Å²) >= 11 is 12.8. The number of amides is 1. The molecule has 0 radical (unpaired) electrons. The number of hydrogen-bond donors (Lipinski definition) is 2. The number of pyridine rings is 1. The van der Waals surface area contributed by atoms with Crippen LogP contribution in [0, 0.1) is 0 Å². The molecule has 0 unspecified atom stereocenters. The minimum absolute atomic E-state index is 0.162. The van der Waals surface area contributed by atoms with Gasteiger partial charge in [-0.2, -0.15) is 0 Å². The maximum Gasteiger partial charge on any atom is 0.273 e. The van der Waals surface area contributed by atoms with Gasteiger partial charge in [0.15, 0.2) is 0 Å². The SMILES string of the molecule is CCc1cncc(NC(=O)c2c(N)ncn(-c3c(Cl)cc(OC4CC4)cc3Cl)c2=O)c1. The quantitative estimate of drug-likeness (QED) is 0.578. The van der Waals surface area contributed by atoms with Gasteiger partial charge >= 0.3 is 0 Å². The molecule has 1 aromatic carbocycles. The highest BCUT2D eigenvalue weighted by molar-refractivity contribution is 6.38. The van der Waals surface area contributed by atoms with Crippen LogP contribution < -0.4 is 21.3 Å². The number of aromatic nitrogens is 3. The Balaban J connectivity index is 1.71. The van der Waals surface area contributed by atoms with Crippen molar-refractivity contribution >= 4 is 40.6 Å². The van der Waals surface area contributed by atoms with Crippen molar-refractivity contribution in [3.8, 4) is 11.4 Å². The smallest absolute Gasteiger partial charge is 0.273 e. The first-order valence-corrected chi connectivity index (χ1v) is 10.4. The van der Waals surface area contributed by atoms with Gasteiger partial charge in [0, 0.05) is 18.3 Å². The molecule has 1 saturated carbocycles. The van der Waals surface area contributed by atoms with Crippen LogP contribution in [0.3, 0.4) is 0 Å². The van der Waals surface area contributed by atoms with E-state index in [-0.39, 0.29) is 33.2 Å². The van der Waals surface area contributed by atoms with Gasteiger partial charge in [-0.25, -0.2) is 4.98 Å². The molecule has 3 aromatic rings. The van der Waals surface area contributed by atoms with Crippen molar-refractivity contribution in [2.75, 3.05) is 11.1 Å². The molecule has 0 bridgehead atoms. The van der Waals surface area contributed by atoms with Crippen LogP contribution in [0.15, 0.2) is 41.7 Å². The third-order valence-electron chi connectivity index (χ3n) is 4.75. The van der Waals surface area contributed by atoms with Gasteiger partial charge in [0.05, 0.1) is 33.7 Å². The van der Waals surface area contributed by atoms with Crippen LogP contribution in [0.2, 0.25) is 10.0 Å². The Labute approximate surface area is 188 Å². The molecule has 0 saturated heterocycles. The topological polar surface area (TPSA) is 112 Å². The number of carbonyl (C=O) groups is 1. The van der Waals surface area contributed by atoms with Gasteiger partial charge in [0.25, 0.3) is 11.5 Å². The molecule has 2 aromatic heterocycles. The van der Waals surface area contributed by atoms with Crippen LogP contribution in [-0.4, -0.2) is 26.5 Å². The van der Waals surface area contributed by atoms with Crippen LogP contribution in [0.4, 0.5) is 11.5 Å². The van der Waals surface area contributed by atoms with Gasteiger partial charge in [-0.1, -0.05) is 30.1 Å². The number of nitrogen functional groups attached to an aromatic ring is 1. The fourth-order valence-electron chi connectivity index (χ4n) is 3.00. The molecule has 31 heavy (non-hydrogen) atoms. The van der Waals surface area contributed by atoms with E-state index in [1.165, 1.54) is 12.5 Å². The molecule has 2 heterocycles. The van der Waals surface area contributed by atoms with E-state index in [4.69, 9.17) is 33.7 Å². The standard InChI is InChI=1S/C21H19Cl2N5O3/c1-2-11-5-12(9-25-8-11)27-20(29)17-19(24)26-10-28(21(17)30)18-15(22)6-14(7-16(18)23)31-13-3-4-13/h5-10,13H,2-4,24H2,1H3,(H,27,29). The molecule has 0 aliphatic heterocycles. The molecule has 0 spiro atoms. The number of carbonyl (C=O) groups excluding carboxylic acids is 1. The lowest BCUT2D eigenvalue weighted by atomic mass is 10.2. The molecule has 3 N–H and O–H groups in total. The van der Waals surface area contributed by atoms with Gasteiger partial charge in [-0.3, -0.25) is 19.1 Å². The monoisotopic (exact) mass is 459 g/mol. The predicted octanol–water partition coefficient (Wildman–Crippen LogP) is 3.87. The second kappa shape index (κ2) is 8.56. The van der Waals surface area contributed by atoms with E-state index in [2.05, 4.69) is 15.3 Å². The maximum absolute atomic E-state index is 13.1. The lowest BCUT2D eigenvalue weighted by Crippen LogP contribution is -2.31. The van der Waals surface area contributed by atoms with Crippen molar-refractivity contribution in [3.05, 3.63) is 68.4 Å². The van der Waals surface area contributed by atoms with Crippen LogP contribution in [0.5, 0.6) is 5.75 Å². The number of rotatable bonds is 6. The van der Waals surface area contributed by atoms with Gasteiger partial charge in [0.1, 0.15) is 23.5 Å². The van der Waals surface area contributed by atoms with E-state index in [9.17, 15) is 9.59 Å². The van der Waals surface area contributed by atoms with E-state index >= 15 is 0 Å². The zero-order valence-corrected chi connectivity index (χ0v) is 18.1.